The summed E-state index contributed by atoms with van der Waals surface area (Å²) in [5.74, 6) is 0.814. The van der Waals surface area contributed by atoms with Gasteiger partial charge in [0.05, 0.1) is 13.2 Å². The topological polar surface area (TPSA) is 89.5 Å². The molecule has 40 heavy (non-hydrogen) atoms. The highest BCUT2D eigenvalue weighted by Crippen LogP contribution is 2.43. The first-order valence-electron chi connectivity index (χ1n) is 14.0. The molecule has 0 aliphatic heterocycles. The molecular weight excluding hydrogens is 512 g/mol. The second-order valence-electron chi connectivity index (χ2n) is 9.69. The van der Waals surface area contributed by atoms with Crippen molar-refractivity contribution >= 4 is 33.5 Å². The van der Waals surface area contributed by atoms with Gasteiger partial charge in [-0.05, 0) is 30.9 Å². The van der Waals surface area contributed by atoms with Crippen LogP contribution in [-0.4, -0.2) is 64.8 Å². The minimum absolute atomic E-state index is 0.140. The van der Waals surface area contributed by atoms with Crippen molar-refractivity contribution in [3.05, 3.63) is 48.0 Å². The van der Waals surface area contributed by atoms with Crippen LogP contribution in [0.5, 0.6) is 11.5 Å². The molecule has 0 radical (unpaired) electrons. The average molecular weight is 555 g/mol. The molecule has 0 aliphatic rings. The molecule has 218 valence electrons. The highest BCUT2D eigenvalue weighted by atomic mass is 16.6. The third-order valence-corrected chi connectivity index (χ3v) is 6.43. The third-order valence-electron chi connectivity index (χ3n) is 6.43. The van der Waals surface area contributed by atoms with E-state index in [4.69, 9.17) is 28.4 Å². The van der Waals surface area contributed by atoms with E-state index >= 15 is 0 Å². The van der Waals surface area contributed by atoms with Gasteiger partial charge in [0.1, 0.15) is 24.7 Å². The minimum Gasteiger partial charge on any atom is -0.488 e. The van der Waals surface area contributed by atoms with Crippen molar-refractivity contribution in [3.8, 4) is 11.5 Å². The fraction of sp³-hybridized carbons (Fsp3) is 0.500. The fourth-order valence-electron chi connectivity index (χ4n) is 4.53. The first-order chi connectivity index (χ1) is 19.4. The number of ether oxygens (including phenoxy) is 6. The van der Waals surface area contributed by atoms with Crippen LogP contribution in [0.2, 0.25) is 0 Å². The van der Waals surface area contributed by atoms with Crippen molar-refractivity contribution in [2.75, 3.05) is 40.6 Å². The molecule has 0 spiro atoms. The number of hydrogen-bond donors (Lipinski definition) is 0. The lowest BCUT2D eigenvalue weighted by molar-refractivity contribution is -0.154. The number of benzene rings is 3. The van der Waals surface area contributed by atoms with Crippen molar-refractivity contribution in [2.45, 2.75) is 65.1 Å². The van der Waals surface area contributed by atoms with Crippen molar-refractivity contribution in [3.63, 3.8) is 0 Å². The summed E-state index contributed by atoms with van der Waals surface area (Å²) in [6.07, 6.45) is 1.86. The van der Waals surface area contributed by atoms with Gasteiger partial charge < -0.3 is 28.4 Å². The molecule has 0 fully saturated rings. The van der Waals surface area contributed by atoms with Crippen LogP contribution < -0.4 is 9.47 Å². The maximum atomic E-state index is 12.2. The molecule has 2 unspecified atom stereocenters. The Morgan fingerprint density at radius 3 is 1.57 bits per heavy atom. The molecule has 0 saturated heterocycles. The molecule has 2 atom stereocenters. The fourth-order valence-corrected chi connectivity index (χ4v) is 4.53. The summed E-state index contributed by atoms with van der Waals surface area (Å²) in [7, 11) is 3.14. The lowest BCUT2D eigenvalue weighted by Crippen LogP contribution is -2.29. The molecule has 0 aromatic heterocycles. The highest BCUT2D eigenvalue weighted by Gasteiger charge is 2.22. The van der Waals surface area contributed by atoms with Crippen LogP contribution in [-0.2, 0) is 35.0 Å². The van der Waals surface area contributed by atoms with E-state index in [0.29, 0.717) is 37.2 Å². The maximum absolute atomic E-state index is 12.2. The van der Waals surface area contributed by atoms with E-state index in [-0.39, 0.29) is 38.4 Å². The Morgan fingerprint density at radius 2 is 1.12 bits per heavy atom. The number of carbonyl (C=O) groups excluding carboxylic acids is 2. The SMILES string of the molecule is CCCC(=O)OC(COC)COc1c2ccccc2c(OCC(COC)OC(=O)CCC)c2cc(CC)ccc12. The number of hydrogen-bond acceptors (Lipinski definition) is 8. The number of esters is 2. The first-order valence-corrected chi connectivity index (χ1v) is 14.0. The number of carbonyl (C=O) groups is 2. The zero-order chi connectivity index (χ0) is 28.9. The van der Waals surface area contributed by atoms with Gasteiger partial charge in [-0.25, -0.2) is 0 Å². The monoisotopic (exact) mass is 554 g/mol. The predicted octanol–water partition coefficient (Wildman–Crippen LogP) is 6.03. The largest absolute Gasteiger partial charge is 0.488 e. The summed E-state index contributed by atoms with van der Waals surface area (Å²) in [5, 5.41) is 3.47. The second kappa shape index (κ2) is 16.0. The second-order valence-corrected chi connectivity index (χ2v) is 9.69. The van der Waals surface area contributed by atoms with E-state index in [1.807, 2.05) is 44.2 Å². The molecule has 3 rings (SSSR count). The van der Waals surface area contributed by atoms with Gasteiger partial charge in [0, 0.05) is 48.6 Å². The summed E-state index contributed by atoms with van der Waals surface area (Å²) < 4.78 is 34.6. The van der Waals surface area contributed by atoms with Crippen molar-refractivity contribution in [1.29, 1.82) is 0 Å². The lowest BCUT2D eigenvalue weighted by atomic mass is 9.98. The average Bonchev–Trinajstić information content (AvgIpc) is 2.94. The van der Waals surface area contributed by atoms with Crippen LogP contribution >= 0.6 is 0 Å². The smallest absolute Gasteiger partial charge is 0.306 e. The van der Waals surface area contributed by atoms with Crippen LogP contribution in [0.4, 0.5) is 0 Å². The van der Waals surface area contributed by atoms with Gasteiger partial charge in [0.25, 0.3) is 0 Å². The van der Waals surface area contributed by atoms with Gasteiger partial charge in [-0.15, -0.1) is 0 Å². The Labute approximate surface area is 236 Å². The maximum Gasteiger partial charge on any atom is 0.306 e. The summed E-state index contributed by atoms with van der Waals surface area (Å²) >= 11 is 0. The number of methoxy groups -OCH3 is 2. The summed E-state index contributed by atoms with van der Waals surface area (Å²) in [5.41, 5.74) is 1.15. The van der Waals surface area contributed by atoms with Gasteiger partial charge in [0.15, 0.2) is 12.2 Å². The van der Waals surface area contributed by atoms with Gasteiger partial charge in [-0.3, -0.25) is 9.59 Å². The first kappa shape index (κ1) is 31.2. The zero-order valence-corrected chi connectivity index (χ0v) is 24.3. The van der Waals surface area contributed by atoms with E-state index in [1.165, 1.54) is 0 Å². The van der Waals surface area contributed by atoms with E-state index in [1.54, 1.807) is 14.2 Å². The molecule has 8 heteroatoms. The number of fused-ring (bicyclic) bond motifs is 2. The Bertz CT molecular complexity index is 1250. The quantitative estimate of drug-likeness (QED) is 0.148. The Balaban J connectivity index is 2.01. The predicted molar refractivity (Wildman–Crippen MR) is 155 cm³/mol. The molecule has 0 amide bonds. The van der Waals surface area contributed by atoms with Crippen molar-refractivity contribution < 1.29 is 38.0 Å². The van der Waals surface area contributed by atoms with Gasteiger partial charge in [-0.2, -0.15) is 0 Å². The molecule has 0 heterocycles. The van der Waals surface area contributed by atoms with E-state index in [9.17, 15) is 9.59 Å². The van der Waals surface area contributed by atoms with E-state index in [2.05, 4.69) is 19.1 Å². The Hall–Kier alpha value is -3.36. The van der Waals surface area contributed by atoms with Gasteiger partial charge in [-0.1, -0.05) is 57.2 Å². The van der Waals surface area contributed by atoms with Crippen molar-refractivity contribution in [1.82, 2.24) is 0 Å². The standard InChI is InChI=1S/C32H42O8/c1-6-11-29(33)39-23(18-35-4)20-37-31-25-13-9-10-14-26(25)32(28-17-22(8-3)15-16-27(28)31)38-21-24(19-36-5)40-30(34)12-7-2/h9-10,13-17,23-24H,6-8,11-12,18-21H2,1-5H3. The minimum atomic E-state index is -0.546. The Morgan fingerprint density at radius 1 is 0.650 bits per heavy atom. The summed E-state index contributed by atoms with van der Waals surface area (Å²) in [6.45, 7) is 6.70. The molecule has 0 saturated carbocycles. The molecule has 0 aliphatic carbocycles. The zero-order valence-electron chi connectivity index (χ0n) is 24.3. The molecule has 3 aromatic rings. The lowest BCUT2D eigenvalue weighted by Gasteiger charge is -2.23. The van der Waals surface area contributed by atoms with E-state index in [0.717, 1.165) is 33.5 Å². The molecule has 8 nitrogen and oxygen atoms in total. The van der Waals surface area contributed by atoms with Crippen LogP contribution in [0.3, 0.4) is 0 Å². The molecule has 0 bridgehead atoms. The summed E-state index contributed by atoms with van der Waals surface area (Å²) in [4.78, 5) is 24.3. The number of aryl methyl sites for hydroxylation is 1. The third kappa shape index (κ3) is 8.32. The highest BCUT2D eigenvalue weighted by molar-refractivity contribution is 6.11. The van der Waals surface area contributed by atoms with Crippen LogP contribution in [0.15, 0.2) is 42.5 Å². The van der Waals surface area contributed by atoms with Crippen LogP contribution in [0.1, 0.15) is 52.0 Å². The van der Waals surface area contributed by atoms with Crippen molar-refractivity contribution in [2.24, 2.45) is 0 Å². The van der Waals surface area contributed by atoms with Crippen LogP contribution in [0, 0.1) is 0 Å². The summed E-state index contributed by atoms with van der Waals surface area (Å²) in [6, 6.07) is 14.1. The van der Waals surface area contributed by atoms with Gasteiger partial charge in [0.2, 0.25) is 0 Å². The molecular formula is C32H42O8. The van der Waals surface area contributed by atoms with E-state index < -0.39 is 12.2 Å². The number of rotatable bonds is 17. The molecule has 3 aromatic carbocycles. The normalized spacial score (nSPS) is 12.7. The molecule has 0 N–H and O–H groups in total. The van der Waals surface area contributed by atoms with Gasteiger partial charge >= 0.3 is 11.9 Å². The van der Waals surface area contributed by atoms with Crippen LogP contribution in [0.25, 0.3) is 21.5 Å². The Kier molecular flexibility index (Phi) is 12.5.